The Kier molecular flexibility index (Phi) is 5.54. The average molecular weight is 468 g/mol. The number of carbonyl (C=O) groups excluding carboxylic acids is 1. The highest BCUT2D eigenvalue weighted by atomic mass is 19.3. The van der Waals surface area contributed by atoms with E-state index in [-0.39, 0.29) is 16.6 Å². The minimum Gasteiger partial charge on any atom is -0.346 e. The maximum atomic E-state index is 14.1. The molecule has 12 heteroatoms. The molecule has 3 aromatic rings. The van der Waals surface area contributed by atoms with Crippen molar-refractivity contribution in [1.82, 2.24) is 19.9 Å². The fourth-order valence-electron chi connectivity index (χ4n) is 4.04. The highest BCUT2D eigenvalue weighted by Gasteiger charge is 2.51. The van der Waals surface area contributed by atoms with Crippen molar-refractivity contribution in [3.05, 3.63) is 74.4 Å². The smallest absolute Gasteiger partial charge is 0.329 e. The number of fused-ring (bicyclic) bond motifs is 1. The van der Waals surface area contributed by atoms with E-state index in [2.05, 4.69) is 15.3 Å². The third-order valence-electron chi connectivity index (χ3n) is 5.61. The van der Waals surface area contributed by atoms with Gasteiger partial charge >= 0.3 is 5.69 Å². The van der Waals surface area contributed by atoms with E-state index in [1.165, 1.54) is 6.92 Å². The van der Waals surface area contributed by atoms with Gasteiger partial charge in [-0.1, -0.05) is 0 Å². The van der Waals surface area contributed by atoms with Gasteiger partial charge in [0.2, 0.25) is 11.8 Å². The van der Waals surface area contributed by atoms with E-state index in [4.69, 9.17) is 0 Å². The largest absolute Gasteiger partial charge is 0.346 e. The number of hydrogen-bond donors (Lipinski definition) is 2. The monoisotopic (exact) mass is 468 g/mol. The Morgan fingerprint density at radius 3 is 2.52 bits per heavy atom. The van der Waals surface area contributed by atoms with Crippen molar-refractivity contribution in [2.24, 2.45) is 5.92 Å². The summed E-state index contributed by atoms with van der Waals surface area (Å²) < 4.78 is 68.6. The van der Waals surface area contributed by atoms with Crippen molar-refractivity contribution in [3.63, 3.8) is 0 Å². The third kappa shape index (κ3) is 4.24. The number of aromatic nitrogens is 3. The van der Waals surface area contributed by atoms with Crippen molar-refractivity contribution < 1.29 is 26.7 Å². The molecule has 4 rings (SSSR count). The maximum absolute atomic E-state index is 14.1. The van der Waals surface area contributed by atoms with Crippen molar-refractivity contribution in [2.45, 2.75) is 37.8 Å². The molecule has 1 fully saturated rings. The first-order valence-electron chi connectivity index (χ1n) is 9.90. The van der Waals surface area contributed by atoms with Gasteiger partial charge in [-0.2, -0.15) is 0 Å². The number of nitrogens with one attached hydrogen (secondary N) is 2. The number of aromatic amines is 1. The summed E-state index contributed by atoms with van der Waals surface area (Å²) in [7, 11) is 0. The Labute approximate surface area is 182 Å². The van der Waals surface area contributed by atoms with Gasteiger partial charge in [0.1, 0.15) is 23.5 Å². The zero-order valence-electron chi connectivity index (χ0n) is 17.0. The van der Waals surface area contributed by atoms with E-state index in [1.54, 1.807) is 0 Å². The molecule has 0 aliphatic heterocycles. The van der Waals surface area contributed by atoms with Crippen molar-refractivity contribution in [3.8, 4) is 0 Å². The number of nitrogens with zero attached hydrogens (tertiary/aromatic N) is 2. The summed E-state index contributed by atoms with van der Waals surface area (Å²) in [6.07, 6.45) is -0.802. The summed E-state index contributed by atoms with van der Waals surface area (Å²) in [5.74, 6) is -7.96. The molecule has 1 aromatic carbocycles. The van der Waals surface area contributed by atoms with Gasteiger partial charge in [0.05, 0.1) is 28.8 Å². The molecule has 2 N–H and O–H groups in total. The SMILES string of the molecule is C[C@@H](NC(=O)[C@H](C1CC(F)(F)C1)n1c(=O)[nH]c2ccc(F)cc2c1=O)c1ncc(F)cc1F. The first-order valence-corrected chi connectivity index (χ1v) is 9.90. The number of carbonyl (C=O) groups is 1. The van der Waals surface area contributed by atoms with Crippen LogP contribution in [-0.2, 0) is 4.79 Å². The average Bonchev–Trinajstić information content (AvgIpc) is 2.69. The molecule has 0 saturated heterocycles. The molecule has 33 heavy (non-hydrogen) atoms. The molecule has 2 atom stereocenters. The Hall–Kier alpha value is -3.57. The standard InChI is InChI=1S/C21H17F5N4O3/c1-9(16-14(24)5-12(23)8-27-16)28-18(31)17(10-6-21(25,26)7-10)30-19(32)13-4-11(22)2-3-15(13)29-20(30)33/h2-5,8-10,17H,6-7H2,1H3,(H,28,31)(H,29,33)/t9-,17+/m1/s1. The Balaban J connectivity index is 1.76. The van der Waals surface area contributed by atoms with Gasteiger partial charge in [0, 0.05) is 24.8 Å². The van der Waals surface area contributed by atoms with Gasteiger partial charge in [-0.05, 0) is 25.1 Å². The number of hydrogen-bond acceptors (Lipinski definition) is 4. The summed E-state index contributed by atoms with van der Waals surface area (Å²) in [6.45, 7) is 1.32. The van der Waals surface area contributed by atoms with Crippen molar-refractivity contribution in [2.75, 3.05) is 0 Å². The maximum Gasteiger partial charge on any atom is 0.329 e. The summed E-state index contributed by atoms with van der Waals surface area (Å²) >= 11 is 0. The number of pyridine rings is 1. The van der Waals surface area contributed by atoms with Crippen LogP contribution in [0.25, 0.3) is 10.9 Å². The summed E-state index contributed by atoms with van der Waals surface area (Å²) in [4.78, 5) is 44.7. The fourth-order valence-corrected chi connectivity index (χ4v) is 4.04. The molecule has 2 heterocycles. The molecule has 2 aromatic heterocycles. The highest BCUT2D eigenvalue weighted by Crippen LogP contribution is 2.47. The molecule has 1 amide bonds. The van der Waals surface area contributed by atoms with Crippen LogP contribution < -0.4 is 16.6 Å². The predicted molar refractivity (Wildman–Crippen MR) is 106 cm³/mol. The number of amides is 1. The van der Waals surface area contributed by atoms with E-state index in [1.807, 2.05) is 0 Å². The van der Waals surface area contributed by atoms with Gasteiger partial charge < -0.3 is 10.3 Å². The molecular weight excluding hydrogens is 451 g/mol. The van der Waals surface area contributed by atoms with Crippen LogP contribution in [0.2, 0.25) is 0 Å². The van der Waals surface area contributed by atoms with Crippen molar-refractivity contribution in [1.29, 1.82) is 0 Å². The lowest BCUT2D eigenvalue weighted by Crippen LogP contribution is -2.52. The lowest BCUT2D eigenvalue weighted by atomic mass is 9.75. The van der Waals surface area contributed by atoms with Crippen LogP contribution >= 0.6 is 0 Å². The summed E-state index contributed by atoms with van der Waals surface area (Å²) in [5, 5.41) is 2.10. The molecule has 174 valence electrons. The van der Waals surface area contributed by atoms with Gasteiger partial charge in [-0.25, -0.2) is 31.3 Å². The van der Waals surface area contributed by atoms with Crippen LogP contribution in [0.1, 0.15) is 37.5 Å². The van der Waals surface area contributed by atoms with E-state index < -0.39 is 71.4 Å². The fraction of sp³-hybridized carbons (Fsp3) is 0.333. The van der Waals surface area contributed by atoms with Gasteiger partial charge in [-0.15, -0.1) is 0 Å². The van der Waals surface area contributed by atoms with E-state index in [0.717, 1.165) is 24.4 Å². The molecule has 1 saturated carbocycles. The Bertz CT molecular complexity index is 1360. The molecule has 7 nitrogen and oxygen atoms in total. The topological polar surface area (TPSA) is 96.9 Å². The van der Waals surface area contributed by atoms with Crippen molar-refractivity contribution >= 4 is 16.8 Å². The first kappa shape index (κ1) is 22.6. The normalized spacial score (nSPS) is 17.4. The molecule has 1 aliphatic carbocycles. The lowest BCUT2D eigenvalue weighted by molar-refractivity contribution is -0.144. The minimum atomic E-state index is -3.08. The number of halogens is 5. The predicted octanol–water partition coefficient (Wildman–Crippen LogP) is 2.97. The zero-order chi connectivity index (χ0) is 24.1. The second-order valence-electron chi connectivity index (χ2n) is 8.02. The van der Waals surface area contributed by atoms with E-state index in [0.29, 0.717) is 10.6 Å². The molecular formula is C21H17F5N4O3. The van der Waals surface area contributed by atoms with Gasteiger partial charge in [-0.3, -0.25) is 14.6 Å². The van der Waals surface area contributed by atoms with E-state index >= 15 is 0 Å². The summed E-state index contributed by atoms with van der Waals surface area (Å²) in [6, 6.07) is 0.769. The number of alkyl halides is 2. The first-order chi connectivity index (χ1) is 15.5. The molecule has 0 radical (unpaired) electrons. The Morgan fingerprint density at radius 1 is 1.18 bits per heavy atom. The molecule has 0 spiro atoms. The molecule has 0 unspecified atom stereocenters. The quantitative estimate of drug-likeness (QED) is 0.563. The van der Waals surface area contributed by atoms with Crippen LogP contribution in [0.15, 0.2) is 40.1 Å². The third-order valence-corrected chi connectivity index (χ3v) is 5.61. The zero-order valence-corrected chi connectivity index (χ0v) is 17.0. The van der Waals surface area contributed by atoms with Crippen LogP contribution in [0.5, 0.6) is 0 Å². The number of rotatable bonds is 5. The van der Waals surface area contributed by atoms with E-state index in [9.17, 15) is 36.3 Å². The molecule has 1 aliphatic rings. The van der Waals surface area contributed by atoms with Crippen LogP contribution in [-0.4, -0.2) is 26.4 Å². The summed E-state index contributed by atoms with van der Waals surface area (Å²) in [5.41, 5.74) is -2.41. The van der Waals surface area contributed by atoms with Crippen LogP contribution in [0, 0.1) is 23.4 Å². The molecule has 0 bridgehead atoms. The minimum absolute atomic E-state index is 0.00620. The highest BCUT2D eigenvalue weighted by molar-refractivity contribution is 5.82. The van der Waals surface area contributed by atoms with Crippen LogP contribution in [0.3, 0.4) is 0 Å². The second-order valence-corrected chi connectivity index (χ2v) is 8.02. The van der Waals surface area contributed by atoms with Crippen LogP contribution in [0.4, 0.5) is 22.0 Å². The number of benzene rings is 1. The van der Waals surface area contributed by atoms with Gasteiger partial charge in [0.25, 0.3) is 5.56 Å². The van der Waals surface area contributed by atoms with Gasteiger partial charge in [0.15, 0.2) is 0 Å². The second kappa shape index (κ2) is 8.09. The Morgan fingerprint density at radius 2 is 1.88 bits per heavy atom. The lowest BCUT2D eigenvalue weighted by Gasteiger charge is -2.39. The number of H-pyrrole nitrogens is 1.